The van der Waals surface area contributed by atoms with Gasteiger partial charge in [0.2, 0.25) is 11.8 Å². The molecule has 2 N–H and O–H groups in total. The molecule has 9 heteroatoms. The van der Waals surface area contributed by atoms with Gasteiger partial charge in [0.05, 0.1) is 18.2 Å². The number of carbonyl (C=O) groups excluding carboxylic acids is 2. The summed E-state index contributed by atoms with van der Waals surface area (Å²) in [6.07, 6.45) is 4.25. The zero-order chi connectivity index (χ0) is 17.6. The van der Waals surface area contributed by atoms with E-state index in [2.05, 4.69) is 25.8 Å². The lowest BCUT2D eigenvalue weighted by Gasteiger charge is -2.07. The molecule has 3 heterocycles. The Morgan fingerprint density at radius 3 is 2.88 bits per heavy atom. The minimum atomic E-state index is -0.512. The zero-order valence-corrected chi connectivity index (χ0v) is 13.3. The lowest BCUT2D eigenvalue weighted by molar-refractivity contribution is -0.115. The maximum Gasteiger partial charge on any atom is 0.255 e. The third-order valence-electron chi connectivity index (χ3n) is 3.24. The van der Waals surface area contributed by atoms with Crippen molar-refractivity contribution in [3.8, 4) is 0 Å². The van der Waals surface area contributed by atoms with E-state index in [4.69, 9.17) is 8.94 Å². The largest absolute Gasteiger partial charge is 0.472 e. The Morgan fingerprint density at radius 1 is 1.28 bits per heavy atom. The first-order valence-electron chi connectivity index (χ1n) is 7.48. The Morgan fingerprint density at radius 2 is 2.16 bits per heavy atom. The SMILES string of the molecule is C[C@H](NC(=O)c1ccoc1)c1nc(CC(=O)Nc2ccccn2)no1. The van der Waals surface area contributed by atoms with Crippen molar-refractivity contribution in [3.05, 3.63) is 60.3 Å². The van der Waals surface area contributed by atoms with Crippen molar-refractivity contribution in [1.29, 1.82) is 0 Å². The van der Waals surface area contributed by atoms with Crippen LogP contribution in [0.5, 0.6) is 0 Å². The highest BCUT2D eigenvalue weighted by atomic mass is 16.5. The van der Waals surface area contributed by atoms with Crippen LogP contribution in [0.15, 0.2) is 51.9 Å². The van der Waals surface area contributed by atoms with Crippen molar-refractivity contribution < 1.29 is 18.5 Å². The highest BCUT2D eigenvalue weighted by Crippen LogP contribution is 2.12. The molecule has 25 heavy (non-hydrogen) atoms. The number of nitrogens with zero attached hydrogens (tertiary/aromatic N) is 3. The van der Waals surface area contributed by atoms with E-state index in [1.165, 1.54) is 12.5 Å². The molecule has 3 rings (SSSR count). The van der Waals surface area contributed by atoms with Gasteiger partial charge >= 0.3 is 0 Å². The molecule has 0 aliphatic heterocycles. The Hall–Kier alpha value is -3.49. The molecule has 0 spiro atoms. The monoisotopic (exact) mass is 341 g/mol. The second kappa shape index (κ2) is 7.39. The van der Waals surface area contributed by atoms with Gasteiger partial charge in [-0.05, 0) is 25.1 Å². The first kappa shape index (κ1) is 16.4. The average Bonchev–Trinajstić information content (AvgIpc) is 3.27. The van der Waals surface area contributed by atoms with Gasteiger partial charge in [-0.1, -0.05) is 11.2 Å². The molecule has 9 nitrogen and oxygen atoms in total. The fourth-order valence-electron chi connectivity index (χ4n) is 2.02. The van der Waals surface area contributed by atoms with E-state index in [1.807, 2.05) is 0 Å². The molecule has 1 atom stereocenters. The number of anilines is 1. The van der Waals surface area contributed by atoms with Crippen LogP contribution in [0.4, 0.5) is 5.82 Å². The quantitative estimate of drug-likeness (QED) is 0.700. The normalized spacial score (nSPS) is 11.7. The molecule has 0 aromatic carbocycles. The molecule has 0 saturated carbocycles. The van der Waals surface area contributed by atoms with Crippen molar-refractivity contribution in [2.45, 2.75) is 19.4 Å². The lowest BCUT2D eigenvalue weighted by Crippen LogP contribution is -2.26. The third kappa shape index (κ3) is 4.28. The van der Waals surface area contributed by atoms with Crippen LogP contribution in [0.1, 0.15) is 35.0 Å². The van der Waals surface area contributed by atoms with Crippen LogP contribution in [0, 0.1) is 0 Å². The average molecular weight is 341 g/mol. The molecule has 0 saturated heterocycles. The van der Waals surface area contributed by atoms with Crippen LogP contribution < -0.4 is 10.6 Å². The maximum atomic E-state index is 11.9. The molecule has 0 fully saturated rings. The Balaban J connectivity index is 1.56. The minimum absolute atomic E-state index is 0.0670. The summed E-state index contributed by atoms with van der Waals surface area (Å²) in [4.78, 5) is 32.0. The van der Waals surface area contributed by atoms with Crippen LogP contribution in [-0.4, -0.2) is 26.9 Å². The van der Waals surface area contributed by atoms with Gasteiger partial charge in [0, 0.05) is 6.20 Å². The number of rotatable bonds is 6. The molecule has 0 aliphatic carbocycles. The summed E-state index contributed by atoms with van der Waals surface area (Å²) in [5, 5.41) is 9.08. The van der Waals surface area contributed by atoms with Gasteiger partial charge in [-0.25, -0.2) is 4.98 Å². The summed E-state index contributed by atoms with van der Waals surface area (Å²) in [6, 6.07) is 6.22. The van der Waals surface area contributed by atoms with E-state index in [0.717, 1.165) is 0 Å². The van der Waals surface area contributed by atoms with Crippen LogP contribution in [0.3, 0.4) is 0 Å². The number of furan rings is 1. The number of aromatic nitrogens is 3. The molecule has 0 bridgehead atoms. The van der Waals surface area contributed by atoms with Gasteiger partial charge in [-0.15, -0.1) is 0 Å². The van der Waals surface area contributed by atoms with Crippen molar-refractivity contribution in [2.75, 3.05) is 5.32 Å². The van der Waals surface area contributed by atoms with E-state index in [9.17, 15) is 9.59 Å². The summed E-state index contributed by atoms with van der Waals surface area (Å²) in [6.45, 7) is 1.70. The van der Waals surface area contributed by atoms with E-state index in [0.29, 0.717) is 11.4 Å². The number of hydrogen-bond donors (Lipinski definition) is 2. The second-order valence-corrected chi connectivity index (χ2v) is 5.20. The summed E-state index contributed by atoms with van der Waals surface area (Å²) in [7, 11) is 0. The highest BCUT2D eigenvalue weighted by molar-refractivity contribution is 5.94. The molecule has 3 aromatic rings. The first-order chi connectivity index (χ1) is 12.1. The van der Waals surface area contributed by atoms with E-state index in [-0.39, 0.29) is 30.0 Å². The fourth-order valence-corrected chi connectivity index (χ4v) is 2.02. The number of hydrogen-bond acceptors (Lipinski definition) is 7. The smallest absolute Gasteiger partial charge is 0.255 e. The first-order valence-corrected chi connectivity index (χ1v) is 7.48. The van der Waals surface area contributed by atoms with Crippen LogP contribution in [0.2, 0.25) is 0 Å². The molecule has 0 aliphatic rings. The number of nitrogens with one attached hydrogen (secondary N) is 2. The van der Waals surface area contributed by atoms with Crippen molar-refractivity contribution >= 4 is 17.6 Å². The molecule has 128 valence electrons. The van der Waals surface area contributed by atoms with Crippen molar-refractivity contribution in [2.24, 2.45) is 0 Å². The lowest BCUT2D eigenvalue weighted by atomic mass is 10.2. The predicted molar refractivity (Wildman–Crippen MR) is 85.5 cm³/mol. The number of pyridine rings is 1. The summed E-state index contributed by atoms with van der Waals surface area (Å²) in [5.41, 5.74) is 0.390. The van der Waals surface area contributed by atoms with Gasteiger partial charge < -0.3 is 19.6 Å². The van der Waals surface area contributed by atoms with E-state index in [1.54, 1.807) is 37.4 Å². The van der Waals surface area contributed by atoms with Crippen molar-refractivity contribution in [3.63, 3.8) is 0 Å². The van der Waals surface area contributed by atoms with Gasteiger partial charge in [-0.3, -0.25) is 9.59 Å². The highest BCUT2D eigenvalue weighted by Gasteiger charge is 2.19. The van der Waals surface area contributed by atoms with E-state index < -0.39 is 6.04 Å². The van der Waals surface area contributed by atoms with Gasteiger partial charge in [0.15, 0.2) is 5.82 Å². The number of carbonyl (C=O) groups is 2. The maximum absolute atomic E-state index is 11.9. The van der Waals surface area contributed by atoms with Gasteiger partial charge in [0.1, 0.15) is 18.1 Å². The molecule has 2 amide bonds. The zero-order valence-electron chi connectivity index (χ0n) is 13.3. The predicted octanol–water partition coefficient (Wildman–Crippen LogP) is 1.73. The molecule has 0 radical (unpaired) electrons. The topological polar surface area (TPSA) is 123 Å². The van der Waals surface area contributed by atoms with Gasteiger partial charge in [-0.2, -0.15) is 4.98 Å². The summed E-state index contributed by atoms with van der Waals surface area (Å²) < 4.78 is 9.96. The van der Waals surface area contributed by atoms with Gasteiger partial charge in [0.25, 0.3) is 5.91 Å². The minimum Gasteiger partial charge on any atom is -0.472 e. The summed E-state index contributed by atoms with van der Waals surface area (Å²) >= 11 is 0. The van der Waals surface area contributed by atoms with Crippen molar-refractivity contribution in [1.82, 2.24) is 20.4 Å². The summed E-state index contributed by atoms with van der Waals surface area (Å²) in [5.74, 6) is 0.220. The standard InChI is InChI=1S/C16H15N5O4/c1-10(18-15(23)11-5-7-24-9-11)16-20-13(21-25-16)8-14(22)19-12-4-2-3-6-17-12/h2-7,9-10H,8H2,1H3,(H,18,23)(H,17,19,22)/t10-/m0/s1. The van der Waals surface area contributed by atoms with Crippen LogP contribution in [-0.2, 0) is 11.2 Å². The molecular formula is C16H15N5O4. The molecular weight excluding hydrogens is 326 g/mol. The van der Waals surface area contributed by atoms with Crippen LogP contribution in [0.25, 0.3) is 0 Å². The van der Waals surface area contributed by atoms with E-state index >= 15 is 0 Å². The Labute approximate surface area is 142 Å². The molecule has 3 aromatic heterocycles. The number of amides is 2. The second-order valence-electron chi connectivity index (χ2n) is 5.20. The van der Waals surface area contributed by atoms with Crippen LogP contribution >= 0.6 is 0 Å². The Bertz CT molecular complexity index is 845. The molecule has 0 unspecified atom stereocenters. The Kier molecular flexibility index (Phi) is 4.84. The fraction of sp³-hybridized carbons (Fsp3) is 0.188. The third-order valence-corrected chi connectivity index (χ3v) is 3.24.